The van der Waals surface area contributed by atoms with Crippen molar-refractivity contribution in [3.8, 4) is 11.1 Å². The number of carboxylic acids is 1. The van der Waals surface area contributed by atoms with E-state index in [1.807, 2.05) is 0 Å². The molecule has 27 heavy (non-hydrogen) atoms. The highest BCUT2D eigenvalue weighted by Gasteiger charge is 2.30. The Hall–Kier alpha value is -3.33. The molecular formula is C18H18N2O7. The van der Waals surface area contributed by atoms with Crippen LogP contribution in [0, 0.1) is 24.0 Å². The first kappa shape index (κ1) is 20.0. The van der Waals surface area contributed by atoms with Crippen molar-refractivity contribution in [3.05, 3.63) is 56.9 Å². The summed E-state index contributed by atoms with van der Waals surface area (Å²) < 4.78 is 5.08. The van der Waals surface area contributed by atoms with Gasteiger partial charge in [0.25, 0.3) is 5.69 Å². The molecule has 2 N–H and O–H groups in total. The summed E-state index contributed by atoms with van der Waals surface area (Å²) in [5.41, 5.74) is -0.584. The van der Waals surface area contributed by atoms with Crippen LogP contribution < -0.4 is 0 Å². The highest BCUT2D eigenvalue weighted by Crippen LogP contribution is 2.37. The fraction of sp³-hybridized carbons (Fsp3) is 0.278. The van der Waals surface area contributed by atoms with E-state index < -0.39 is 16.9 Å². The maximum absolute atomic E-state index is 12.6. The zero-order valence-corrected chi connectivity index (χ0v) is 14.8. The average Bonchev–Trinajstić information content (AvgIpc) is 2.60. The van der Waals surface area contributed by atoms with Gasteiger partial charge < -0.3 is 14.9 Å². The topological polar surface area (TPSA) is 140 Å². The van der Waals surface area contributed by atoms with Crippen LogP contribution in [-0.2, 0) is 4.74 Å². The number of aryl methyl sites for hydroxylation is 2. The molecule has 0 aliphatic heterocycles. The quantitative estimate of drug-likeness (QED) is 0.326. The number of nitro benzene ring substituents is 1. The Morgan fingerprint density at radius 3 is 2.41 bits per heavy atom. The number of pyridine rings is 1. The molecule has 1 heterocycles. The van der Waals surface area contributed by atoms with Crippen LogP contribution in [0.1, 0.15) is 38.5 Å². The number of aliphatic hydroxyl groups excluding tert-OH is 1. The maximum atomic E-state index is 12.6. The van der Waals surface area contributed by atoms with Crippen molar-refractivity contribution in [2.45, 2.75) is 20.3 Å². The number of aliphatic hydroxyl groups is 1. The molecule has 1 aromatic heterocycles. The molecule has 0 spiro atoms. The van der Waals surface area contributed by atoms with Crippen LogP contribution in [0.2, 0.25) is 0 Å². The molecule has 9 nitrogen and oxygen atoms in total. The van der Waals surface area contributed by atoms with Gasteiger partial charge in [-0.25, -0.2) is 9.59 Å². The Labute approximate surface area is 154 Å². The molecule has 0 amide bonds. The fourth-order valence-corrected chi connectivity index (χ4v) is 2.78. The lowest BCUT2D eigenvalue weighted by molar-refractivity contribution is -0.384. The van der Waals surface area contributed by atoms with E-state index >= 15 is 0 Å². The van der Waals surface area contributed by atoms with E-state index in [0.717, 1.165) is 0 Å². The number of hydrogen-bond donors (Lipinski definition) is 2. The lowest BCUT2D eigenvalue weighted by atomic mass is 9.91. The summed E-state index contributed by atoms with van der Waals surface area (Å²) in [5.74, 6) is -2.22. The molecule has 0 atom stereocenters. The second-order valence-corrected chi connectivity index (χ2v) is 5.70. The maximum Gasteiger partial charge on any atom is 0.340 e. The number of nitro groups is 1. The highest BCUT2D eigenvalue weighted by atomic mass is 16.6. The van der Waals surface area contributed by atoms with Gasteiger partial charge in [-0.05, 0) is 19.9 Å². The molecular weight excluding hydrogens is 356 g/mol. The van der Waals surface area contributed by atoms with Gasteiger partial charge in [0, 0.05) is 24.7 Å². The van der Waals surface area contributed by atoms with Gasteiger partial charge in [0.2, 0.25) is 0 Å². The van der Waals surface area contributed by atoms with Crippen molar-refractivity contribution in [2.75, 3.05) is 13.2 Å². The van der Waals surface area contributed by atoms with E-state index in [4.69, 9.17) is 9.84 Å². The summed E-state index contributed by atoms with van der Waals surface area (Å²) in [6.07, 6.45) is 0.205. The van der Waals surface area contributed by atoms with Gasteiger partial charge in [-0.2, -0.15) is 0 Å². The molecule has 0 fully saturated rings. The van der Waals surface area contributed by atoms with Crippen LogP contribution in [0.4, 0.5) is 5.69 Å². The van der Waals surface area contributed by atoms with E-state index in [1.54, 1.807) is 0 Å². The highest BCUT2D eigenvalue weighted by molar-refractivity contribution is 6.07. The number of rotatable bonds is 7. The van der Waals surface area contributed by atoms with Crippen LogP contribution in [0.15, 0.2) is 24.3 Å². The fourth-order valence-electron chi connectivity index (χ4n) is 2.78. The third-order valence-electron chi connectivity index (χ3n) is 3.88. The Bertz CT molecular complexity index is 909. The Morgan fingerprint density at radius 1 is 1.19 bits per heavy atom. The van der Waals surface area contributed by atoms with Gasteiger partial charge in [0.1, 0.15) is 0 Å². The van der Waals surface area contributed by atoms with Gasteiger partial charge in [0.15, 0.2) is 0 Å². The summed E-state index contributed by atoms with van der Waals surface area (Å²) in [4.78, 5) is 39.3. The number of benzene rings is 1. The number of ether oxygens (including phenoxy) is 1. The van der Waals surface area contributed by atoms with Crippen molar-refractivity contribution in [1.29, 1.82) is 0 Å². The van der Waals surface area contributed by atoms with Crippen LogP contribution in [0.3, 0.4) is 0 Å². The lowest BCUT2D eigenvalue weighted by Gasteiger charge is -2.16. The predicted octanol–water partition coefficient (Wildman–Crippen LogP) is 2.51. The summed E-state index contributed by atoms with van der Waals surface area (Å²) in [5, 5.41) is 29.9. The standard InChI is InChI=1S/C18H18N2O7/c1-10-14(17(22)23)16(12-6-3-4-7-13(12)20(25)26)15(11(2)19-10)18(24)27-9-5-8-21/h3-4,6-7,21H,5,8-9H2,1-2H3,(H,22,23). The molecule has 0 aliphatic rings. The number of para-hydroxylation sites is 1. The van der Waals surface area contributed by atoms with Crippen LogP contribution in [-0.4, -0.2) is 45.3 Å². The molecule has 0 bridgehead atoms. The Kier molecular flexibility index (Phi) is 6.19. The number of aromatic nitrogens is 1. The lowest BCUT2D eigenvalue weighted by Crippen LogP contribution is -2.17. The molecule has 0 aliphatic carbocycles. The van der Waals surface area contributed by atoms with E-state index in [0.29, 0.717) is 0 Å². The summed E-state index contributed by atoms with van der Waals surface area (Å²) >= 11 is 0. The van der Waals surface area contributed by atoms with E-state index in [-0.39, 0.29) is 59.0 Å². The average molecular weight is 374 g/mol. The first-order valence-corrected chi connectivity index (χ1v) is 8.05. The van der Waals surface area contributed by atoms with Gasteiger partial charge in [-0.1, -0.05) is 12.1 Å². The largest absolute Gasteiger partial charge is 0.478 e. The molecule has 142 valence electrons. The van der Waals surface area contributed by atoms with Crippen LogP contribution in [0.25, 0.3) is 11.1 Å². The molecule has 9 heteroatoms. The zero-order chi connectivity index (χ0) is 20.1. The molecule has 2 aromatic rings. The molecule has 2 rings (SSSR count). The Balaban J connectivity index is 2.82. The van der Waals surface area contributed by atoms with E-state index in [2.05, 4.69) is 4.98 Å². The molecule has 0 radical (unpaired) electrons. The van der Waals surface area contributed by atoms with Gasteiger partial charge in [-0.15, -0.1) is 0 Å². The Morgan fingerprint density at radius 2 is 1.81 bits per heavy atom. The number of esters is 1. The number of nitrogens with zero attached hydrogens (tertiary/aromatic N) is 2. The van der Waals surface area contributed by atoms with Crippen molar-refractivity contribution in [3.63, 3.8) is 0 Å². The number of carbonyl (C=O) groups excluding carboxylic acids is 1. The monoisotopic (exact) mass is 374 g/mol. The third kappa shape index (κ3) is 4.09. The SMILES string of the molecule is Cc1nc(C)c(C(=O)OCCCO)c(-c2ccccc2[N+](=O)[O-])c1C(=O)O. The van der Waals surface area contributed by atoms with Crippen LogP contribution >= 0.6 is 0 Å². The van der Waals surface area contributed by atoms with Crippen molar-refractivity contribution in [2.24, 2.45) is 0 Å². The van der Waals surface area contributed by atoms with Crippen molar-refractivity contribution >= 4 is 17.6 Å². The summed E-state index contributed by atoms with van der Waals surface area (Å²) in [7, 11) is 0. The first-order valence-electron chi connectivity index (χ1n) is 8.05. The molecule has 0 saturated heterocycles. The van der Waals surface area contributed by atoms with Gasteiger partial charge in [-0.3, -0.25) is 15.1 Å². The second kappa shape index (κ2) is 8.37. The van der Waals surface area contributed by atoms with Crippen molar-refractivity contribution in [1.82, 2.24) is 4.98 Å². The third-order valence-corrected chi connectivity index (χ3v) is 3.88. The first-order chi connectivity index (χ1) is 12.8. The molecule has 0 unspecified atom stereocenters. The number of hydrogen-bond acceptors (Lipinski definition) is 7. The summed E-state index contributed by atoms with van der Waals surface area (Å²) in [6, 6.07) is 5.57. The number of aromatic carboxylic acids is 1. The second-order valence-electron chi connectivity index (χ2n) is 5.70. The van der Waals surface area contributed by atoms with Gasteiger partial charge >= 0.3 is 11.9 Å². The molecule has 0 saturated carbocycles. The number of carboxylic acid groups (broad SMARTS) is 1. The van der Waals surface area contributed by atoms with Gasteiger partial charge in [0.05, 0.1) is 39.6 Å². The van der Waals surface area contributed by atoms with Crippen LogP contribution in [0.5, 0.6) is 0 Å². The smallest absolute Gasteiger partial charge is 0.340 e. The zero-order valence-electron chi connectivity index (χ0n) is 14.8. The van der Waals surface area contributed by atoms with E-state index in [9.17, 15) is 24.8 Å². The summed E-state index contributed by atoms with van der Waals surface area (Å²) in [6.45, 7) is 2.69. The van der Waals surface area contributed by atoms with E-state index in [1.165, 1.54) is 38.1 Å². The minimum atomic E-state index is -1.36. The minimum absolute atomic E-state index is 0.0115. The molecule has 1 aromatic carbocycles. The van der Waals surface area contributed by atoms with Crippen molar-refractivity contribution < 1.29 is 29.5 Å². The number of carbonyl (C=O) groups is 2. The minimum Gasteiger partial charge on any atom is -0.478 e. The normalized spacial score (nSPS) is 10.5. The predicted molar refractivity (Wildman–Crippen MR) is 94.7 cm³/mol.